The molecular formula is C18H19N5O3. The number of carbonyl (C=O) groups is 1. The monoisotopic (exact) mass is 353 g/mol. The van der Waals surface area contributed by atoms with Crippen molar-refractivity contribution in [2.45, 2.75) is 25.6 Å². The molecule has 1 atom stereocenters. The number of rotatable bonds is 8. The Morgan fingerprint density at radius 1 is 1.15 bits per heavy atom. The molecule has 8 nitrogen and oxygen atoms in total. The van der Waals surface area contributed by atoms with E-state index in [9.17, 15) is 4.79 Å². The Bertz CT molecular complexity index is 849. The highest BCUT2D eigenvalue weighted by molar-refractivity contribution is 5.67. The molecule has 1 aromatic heterocycles. The first-order chi connectivity index (χ1) is 12.6. The van der Waals surface area contributed by atoms with Gasteiger partial charge in [0, 0.05) is 11.6 Å². The summed E-state index contributed by atoms with van der Waals surface area (Å²) in [5.74, 6) is 0.236. The minimum atomic E-state index is -0.955. The van der Waals surface area contributed by atoms with Crippen molar-refractivity contribution in [2.24, 2.45) is 5.73 Å². The smallest absolute Gasteiger partial charge is 0.304 e. The maximum atomic E-state index is 10.6. The third kappa shape index (κ3) is 4.87. The third-order valence-corrected chi connectivity index (χ3v) is 3.65. The summed E-state index contributed by atoms with van der Waals surface area (Å²) in [6, 6.07) is 16.7. The van der Waals surface area contributed by atoms with Crippen LogP contribution in [0.2, 0.25) is 0 Å². The van der Waals surface area contributed by atoms with Gasteiger partial charge in [0.25, 0.3) is 0 Å². The van der Waals surface area contributed by atoms with Crippen molar-refractivity contribution >= 4 is 5.97 Å². The van der Waals surface area contributed by atoms with E-state index in [1.807, 2.05) is 54.6 Å². The second-order valence-corrected chi connectivity index (χ2v) is 5.82. The zero-order valence-corrected chi connectivity index (χ0v) is 14.0. The number of ether oxygens (including phenoxy) is 1. The molecule has 8 heteroatoms. The van der Waals surface area contributed by atoms with E-state index >= 15 is 0 Å². The number of tetrazole rings is 1. The van der Waals surface area contributed by atoms with E-state index in [-0.39, 0.29) is 13.0 Å². The van der Waals surface area contributed by atoms with Crippen molar-refractivity contribution in [3.8, 4) is 17.1 Å². The average Bonchev–Trinajstić information content (AvgIpc) is 3.09. The van der Waals surface area contributed by atoms with Crippen LogP contribution >= 0.6 is 0 Å². The Morgan fingerprint density at radius 3 is 2.58 bits per heavy atom. The highest BCUT2D eigenvalue weighted by atomic mass is 16.5. The molecule has 1 heterocycles. The number of aliphatic carboxylic acids is 1. The highest BCUT2D eigenvalue weighted by Gasteiger charge is 2.12. The Kier molecular flexibility index (Phi) is 5.55. The summed E-state index contributed by atoms with van der Waals surface area (Å²) in [4.78, 5) is 12.0. The van der Waals surface area contributed by atoms with Crippen LogP contribution in [0.15, 0.2) is 54.6 Å². The van der Waals surface area contributed by atoms with Gasteiger partial charge < -0.3 is 15.6 Å². The first-order valence-corrected chi connectivity index (χ1v) is 8.12. The van der Waals surface area contributed by atoms with Crippen molar-refractivity contribution in [2.75, 3.05) is 0 Å². The third-order valence-electron chi connectivity index (χ3n) is 3.65. The maximum Gasteiger partial charge on any atom is 0.304 e. The average molecular weight is 353 g/mol. The predicted molar refractivity (Wildman–Crippen MR) is 94.3 cm³/mol. The van der Waals surface area contributed by atoms with Gasteiger partial charge in [-0.15, -0.1) is 10.2 Å². The van der Waals surface area contributed by atoms with Crippen LogP contribution in [-0.4, -0.2) is 37.3 Å². The molecule has 0 unspecified atom stereocenters. The van der Waals surface area contributed by atoms with Crippen LogP contribution in [0, 0.1) is 0 Å². The van der Waals surface area contributed by atoms with Gasteiger partial charge in [-0.05, 0) is 35.0 Å². The molecule has 26 heavy (non-hydrogen) atoms. The van der Waals surface area contributed by atoms with Gasteiger partial charge in [-0.2, -0.15) is 4.80 Å². The van der Waals surface area contributed by atoms with E-state index in [2.05, 4.69) is 15.4 Å². The molecule has 0 spiro atoms. The molecule has 0 radical (unpaired) electrons. The molecule has 0 aliphatic rings. The van der Waals surface area contributed by atoms with E-state index in [1.54, 1.807) is 0 Å². The lowest BCUT2D eigenvalue weighted by molar-refractivity contribution is -0.137. The van der Waals surface area contributed by atoms with E-state index in [4.69, 9.17) is 15.6 Å². The summed E-state index contributed by atoms with van der Waals surface area (Å²) in [5.41, 5.74) is 7.61. The molecule has 2 aromatic carbocycles. The molecule has 0 bridgehead atoms. The summed E-state index contributed by atoms with van der Waals surface area (Å²) in [6.07, 6.45) is -0.148. The maximum absolute atomic E-state index is 10.6. The Labute approximate surface area is 150 Å². The summed E-state index contributed by atoms with van der Waals surface area (Å²) in [6.45, 7) is 0.688. The van der Waals surface area contributed by atoms with E-state index < -0.39 is 12.0 Å². The normalized spacial score (nSPS) is 11.9. The number of carboxylic acid groups (broad SMARTS) is 1. The Hall–Kier alpha value is -3.26. The number of aromatic nitrogens is 4. The minimum absolute atomic E-state index is 0.148. The van der Waals surface area contributed by atoms with Crippen LogP contribution in [0.5, 0.6) is 5.75 Å². The first kappa shape index (κ1) is 17.6. The van der Waals surface area contributed by atoms with Crippen LogP contribution in [0.25, 0.3) is 11.4 Å². The zero-order chi connectivity index (χ0) is 18.4. The van der Waals surface area contributed by atoms with Gasteiger partial charge in [0.1, 0.15) is 12.4 Å². The fourth-order valence-corrected chi connectivity index (χ4v) is 2.38. The molecular weight excluding hydrogens is 334 g/mol. The number of carboxylic acids is 1. The molecule has 3 N–H and O–H groups in total. The standard InChI is InChI=1S/C18H19N5O3/c19-15(10-17(24)25)11-23-21-18(20-22-23)14-6-8-16(9-7-14)26-12-13-4-2-1-3-5-13/h1-9,15H,10-12,19H2,(H,24,25)/t15-/m1/s1. The SMILES string of the molecule is N[C@H](CC(=O)O)Cn1nnc(-c2ccc(OCc3ccccc3)cc2)n1. The van der Waals surface area contributed by atoms with Gasteiger partial charge in [-0.1, -0.05) is 30.3 Å². The molecule has 0 amide bonds. The van der Waals surface area contributed by atoms with E-state index in [1.165, 1.54) is 4.80 Å². The van der Waals surface area contributed by atoms with Crippen molar-refractivity contribution in [1.82, 2.24) is 20.2 Å². The fraction of sp³-hybridized carbons (Fsp3) is 0.222. The number of nitrogens with two attached hydrogens (primary N) is 1. The predicted octanol–water partition coefficient (Wildman–Crippen LogP) is 1.72. The summed E-state index contributed by atoms with van der Waals surface area (Å²) in [5, 5.41) is 20.9. The number of hydrogen-bond donors (Lipinski definition) is 2. The first-order valence-electron chi connectivity index (χ1n) is 8.12. The molecule has 0 aliphatic carbocycles. The molecule has 0 saturated carbocycles. The zero-order valence-electron chi connectivity index (χ0n) is 14.0. The van der Waals surface area contributed by atoms with Crippen LogP contribution in [0.4, 0.5) is 0 Å². The molecule has 3 rings (SSSR count). The van der Waals surface area contributed by atoms with Crippen molar-refractivity contribution < 1.29 is 14.6 Å². The lowest BCUT2D eigenvalue weighted by Gasteiger charge is -2.07. The van der Waals surface area contributed by atoms with Crippen molar-refractivity contribution in [3.05, 3.63) is 60.2 Å². The second-order valence-electron chi connectivity index (χ2n) is 5.82. The van der Waals surface area contributed by atoms with E-state index in [0.29, 0.717) is 12.4 Å². The minimum Gasteiger partial charge on any atom is -0.489 e. The molecule has 0 aliphatic heterocycles. The van der Waals surface area contributed by atoms with Gasteiger partial charge in [0.05, 0.1) is 13.0 Å². The number of benzene rings is 2. The van der Waals surface area contributed by atoms with Crippen LogP contribution in [0.3, 0.4) is 0 Å². The largest absolute Gasteiger partial charge is 0.489 e. The van der Waals surface area contributed by atoms with E-state index in [0.717, 1.165) is 16.9 Å². The Balaban J connectivity index is 1.59. The van der Waals surface area contributed by atoms with Crippen LogP contribution in [-0.2, 0) is 17.9 Å². The van der Waals surface area contributed by atoms with Crippen molar-refractivity contribution in [3.63, 3.8) is 0 Å². The summed E-state index contributed by atoms with van der Waals surface area (Å²) in [7, 11) is 0. The quantitative estimate of drug-likeness (QED) is 0.633. The summed E-state index contributed by atoms with van der Waals surface area (Å²) >= 11 is 0. The Morgan fingerprint density at radius 2 is 1.88 bits per heavy atom. The van der Waals surface area contributed by atoms with Gasteiger partial charge in [-0.3, -0.25) is 4.79 Å². The lowest BCUT2D eigenvalue weighted by atomic mass is 10.2. The van der Waals surface area contributed by atoms with Gasteiger partial charge in [0.2, 0.25) is 5.82 Å². The molecule has 3 aromatic rings. The van der Waals surface area contributed by atoms with Gasteiger partial charge in [-0.25, -0.2) is 0 Å². The summed E-state index contributed by atoms with van der Waals surface area (Å²) < 4.78 is 5.74. The number of hydrogen-bond acceptors (Lipinski definition) is 6. The van der Waals surface area contributed by atoms with Crippen LogP contribution < -0.4 is 10.5 Å². The second kappa shape index (κ2) is 8.21. The van der Waals surface area contributed by atoms with Gasteiger partial charge in [0.15, 0.2) is 0 Å². The van der Waals surface area contributed by atoms with Gasteiger partial charge >= 0.3 is 5.97 Å². The van der Waals surface area contributed by atoms with Crippen molar-refractivity contribution in [1.29, 1.82) is 0 Å². The highest BCUT2D eigenvalue weighted by Crippen LogP contribution is 2.19. The molecule has 134 valence electrons. The van der Waals surface area contributed by atoms with Crippen LogP contribution in [0.1, 0.15) is 12.0 Å². The topological polar surface area (TPSA) is 116 Å². The number of nitrogens with zero attached hydrogens (tertiary/aromatic N) is 4. The molecule has 0 fully saturated rings. The molecule has 0 saturated heterocycles. The lowest BCUT2D eigenvalue weighted by Crippen LogP contribution is -2.30. The fourth-order valence-electron chi connectivity index (χ4n) is 2.38.